The fourth-order valence-corrected chi connectivity index (χ4v) is 6.08. The Labute approximate surface area is 205 Å². The SMILES string of the molecule is O=C(NCC1CCCC1C(=O)N1CCC[C@@H](C(=O)O)C1)OCC1c2ccccc2-c2ccccc21. The minimum absolute atomic E-state index is 0.00948. The Kier molecular flexibility index (Phi) is 6.75. The van der Waals surface area contributed by atoms with Crippen LogP contribution in [0.2, 0.25) is 0 Å². The molecule has 3 atom stereocenters. The Morgan fingerprint density at radius 1 is 0.943 bits per heavy atom. The molecule has 0 bridgehead atoms. The van der Waals surface area contributed by atoms with Crippen LogP contribution in [0.15, 0.2) is 48.5 Å². The lowest BCUT2D eigenvalue weighted by molar-refractivity contribution is -0.147. The average molecular weight is 477 g/mol. The number of hydrogen-bond acceptors (Lipinski definition) is 4. The molecule has 2 amide bonds. The van der Waals surface area contributed by atoms with Gasteiger partial charge in [0, 0.05) is 31.5 Å². The molecule has 1 saturated heterocycles. The van der Waals surface area contributed by atoms with Crippen LogP contribution in [0.4, 0.5) is 4.79 Å². The van der Waals surface area contributed by atoms with E-state index in [1.165, 1.54) is 22.3 Å². The quantitative estimate of drug-likeness (QED) is 0.649. The smallest absolute Gasteiger partial charge is 0.407 e. The summed E-state index contributed by atoms with van der Waals surface area (Å²) < 4.78 is 5.64. The van der Waals surface area contributed by atoms with Crippen molar-refractivity contribution in [2.24, 2.45) is 17.8 Å². The topological polar surface area (TPSA) is 95.9 Å². The number of nitrogens with one attached hydrogen (secondary N) is 1. The molecular formula is C28H32N2O5. The predicted molar refractivity (Wildman–Crippen MR) is 131 cm³/mol. The van der Waals surface area contributed by atoms with E-state index in [9.17, 15) is 19.5 Å². The highest BCUT2D eigenvalue weighted by Crippen LogP contribution is 2.44. The number of carbonyl (C=O) groups excluding carboxylic acids is 2. The third-order valence-electron chi connectivity index (χ3n) is 7.91. The summed E-state index contributed by atoms with van der Waals surface area (Å²) in [6.07, 6.45) is 3.47. The number of piperidine rings is 1. The predicted octanol–water partition coefficient (Wildman–Crippen LogP) is 4.26. The number of alkyl carbamates (subject to hydrolysis) is 1. The summed E-state index contributed by atoms with van der Waals surface area (Å²) in [5.74, 6) is -1.39. The van der Waals surface area contributed by atoms with Crippen LogP contribution in [0.5, 0.6) is 0 Å². The first kappa shape index (κ1) is 23.4. The summed E-state index contributed by atoms with van der Waals surface area (Å²) in [4.78, 5) is 38.8. The maximum atomic E-state index is 13.1. The Bertz CT molecular complexity index is 1070. The van der Waals surface area contributed by atoms with Gasteiger partial charge in [-0.15, -0.1) is 0 Å². The van der Waals surface area contributed by atoms with Gasteiger partial charge in [-0.05, 0) is 53.9 Å². The highest BCUT2D eigenvalue weighted by atomic mass is 16.5. The molecule has 3 aliphatic rings. The number of fused-ring (bicyclic) bond motifs is 3. The molecule has 2 aromatic carbocycles. The van der Waals surface area contributed by atoms with Crippen molar-refractivity contribution in [2.75, 3.05) is 26.2 Å². The normalized spacial score (nSPS) is 23.4. The lowest BCUT2D eigenvalue weighted by Crippen LogP contribution is -2.46. The molecule has 2 aromatic rings. The van der Waals surface area contributed by atoms with Gasteiger partial charge in [0.2, 0.25) is 5.91 Å². The molecular weight excluding hydrogens is 444 g/mol. The number of likely N-dealkylation sites (tertiary alicyclic amines) is 1. The Morgan fingerprint density at radius 3 is 2.31 bits per heavy atom. The molecule has 2 unspecified atom stereocenters. The van der Waals surface area contributed by atoms with Crippen molar-refractivity contribution < 1.29 is 24.2 Å². The van der Waals surface area contributed by atoms with E-state index in [-0.39, 0.29) is 36.8 Å². The Morgan fingerprint density at radius 2 is 1.63 bits per heavy atom. The molecule has 1 aliphatic heterocycles. The molecule has 0 spiro atoms. The second-order valence-electron chi connectivity index (χ2n) is 9.97. The molecule has 0 aromatic heterocycles. The third kappa shape index (κ3) is 4.77. The van der Waals surface area contributed by atoms with Gasteiger partial charge in [0.25, 0.3) is 0 Å². The van der Waals surface area contributed by atoms with Crippen molar-refractivity contribution in [3.05, 3.63) is 59.7 Å². The monoisotopic (exact) mass is 476 g/mol. The number of rotatable bonds is 6. The van der Waals surface area contributed by atoms with E-state index >= 15 is 0 Å². The van der Waals surface area contributed by atoms with E-state index in [0.29, 0.717) is 19.5 Å². The molecule has 2 fully saturated rings. The second-order valence-corrected chi connectivity index (χ2v) is 9.97. The van der Waals surface area contributed by atoms with Crippen molar-refractivity contribution in [1.82, 2.24) is 10.2 Å². The van der Waals surface area contributed by atoms with Crippen LogP contribution < -0.4 is 5.32 Å². The first-order valence-electron chi connectivity index (χ1n) is 12.6. The largest absolute Gasteiger partial charge is 0.481 e. The molecule has 0 radical (unpaired) electrons. The van der Waals surface area contributed by atoms with Gasteiger partial charge in [0.1, 0.15) is 6.61 Å². The van der Waals surface area contributed by atoms with Gasteiger partial charge in [-0.25, -0.2) is 4.79 Å². The molecule has 1 heterocycles. The lowest BCUT2D eigenvalue weighted by Gasteiger charge is -2.34. The number of amides is 2. The maximum absolute atomic E-state index is 13.1. The van der Waals surface area contributed by atoms with Gasteiger partial charge in [-0.1, -0.05) is 55.0 Å². The fourth-order valence-electron chi connectivity index (χ4n) is 6.08. The zero-order valence-electron chi connectivity index (χ0n) is 19.8. The summed E-state index contributed by atoms with van der Waals surface area (Å²) in [5.41, 5.74) is 4.72. The van der Waals surface area contributed by atoms with E-state index in [2.05, 4.69) is 29.6 Å². The summed E-state index contributed by atoms with van der Waals surface area (Å²) in [6.45, 7) is 1.56. The average Bonchev–Trinajstić information content (AvgIpc) is 3.48. The van der Waals surface area contributed by atoms with Gasteiger partial charge in [0.15, 0.2) is 0 Å². The Balaban J connectivity index is 1.15. The number of nitrogens with zero attached hydrogens (tertiary/aromatic N) is 1. The third-order valence-corrected chi connectivity index (χ3v) is 7.91. The molecule has 2 aliphatic carbocycles. The van der Waals surface area contributed by atoms with E-state index in [1.54, 1.807) is 4.90 Å². The van der Waals surface area contributed by atoms with Crippen LogP contribution in [0.1, 0.15) is 49.1 Å². The number of aliphatic carboxylic acids is 1. The molecule has 1 saturated carbocycles. The van der Waals surface area contributed by atoms with Gasteiger partial charge >= 0.3 is 12.1 Å². The number of hydrogen-bond donors (Lipinski definition) is 2. The van der Waals surface area contributed by atoms with E-state index < -0.39 is 18.0 Å². The van der Waals surface area contributed by atoms with Crippen LogP contribution in [0.25, 0.3) is 11.1 Å². The van der Waals surface area contributed by atoms with Crippen LogP contribution in [-0.2, 0) is 14.3 Å². The van der Waals surface area contributed by atoms with Gasteiger partial charge < -0.3 is 20.1 Å². The highest BCUT2D eigenvalue weighted by molar-refractivity contribution is 5.81. The number of ether oxygens (including phenoxy) is 1. The number of carboxylic acids is 1. The maximum Gasteiger partial charge on any atom is 0.407 e. The van der Waals surface area contributed by atoms with Gasteiger partial charge in [-0.3, -0.25) is 9.59 Å². The first-order chi connectivity index (χ1) is 17.0. The number of benzene rings is 2. The van der Waals surface area contributed by atoms with Gasteiger partial charge in [0.05, 0.1) is 5.92 Å². The fraction of sp³-hybridized carbons (Fsp3) is 0.464. The summed E-state index contributed by atoms with van der Waals surface area (Å²) in [7, 11) is 0. The minimum atomic E-state index is -0.831. The van der Waals surface area contributed by atoms with Crippen molar-refractivity contribution in [3.63, 3.8) is 0 Å². The van der Waals surface area contributed by atoms with Crippen molar-refractivity contribution in [3.8, 4) is 11.1 Å². The van der Waals surface area contributed by atoms with Crippen LogP contribution >= 0.6 is 0 Å². The molecule has 7 heteroatoms. The van der Waals surface area contributed by atoms with Crippen LogP contribution in [0.3, 0.4) is 0 Å². The zero-order chi connectivity index (χ0) is 24.4. The minimum Gasteiger partial charge on any atom is -0.481 e. The van der Waals surface area contributed by atoms with Crippen molar-refractivity contribution in [1.29, 1.82) is 0 Å². The van der Waals surface area contributed by atoms with Crippen molar-refractivity contribution >= 4 is 18.0 Å². The first-order valence-corrected chi connectivity index (χ1v) is 12.6. The second kappa shape index (κ2) is 10.1. The van der Waals surface area contributed by atoms with Crippen LogP contribution in [0, 0.1) is 17.8 Å². The number of carbonyl (C=O) groups is 3. The van der Waals surface area contributed by atoms with Crippen molar-refractivity contribution in [2.45, 2.75) is 38.0 Å². The molecule has 5 rings (SSSR count). The number of carboxylic acid groups (broad SMARTS) is 1. The molecule has 184 valence electrons. The standard InChI is InChI=1S/C28H32N2O5/c31-26(30-14-6-8-19(16-30)27(32)33)20-13-5-7-18(20)15-29-28(34)35-17-25-23-11-3-1-9-21(23)22-10-2-4-12-24(22)25/h1-4,9-12,18-20,25H,5-8,13-17H2,(H,29,34)(H,32,33)/t18?,19-,20?/m1/s1. The van der Waals surface area contributed by atoms with E-state index in [4.69, 9.17) is 4.74 Å². The van der Waals surface area contributed by atoms with Crippen LogP contribution in [-0.4, -0.2) is 54.2 Å². The summed E-state index contributed by atoms with van der Waals surface area (Å²) in [6, 6.07) is 16.5. The van der Waals surface area contributed by atoms with E-state index in [0.717, 1.165) is 25.7 Å². The molecule has 2 N–H and O–H groups in total. The Hall–Kier alpha value is -3.35. The van der Waals surface area contributed by atoms with Gasteiger partial charge in [-0.2, -0.15) is 0 Å². The summed E-state index contributed by atoms with van der Waals surface area (Å²) >= 11 is 0. The molecule has 35 heavy (non-hydrogen) atoms. The lowest BCUT2D eigenvalue weighted by atomic mass is 9.92. The zero-order valence-corrected chi connectivity index (χ0v) is 19.8. The summed E-state index contributed by atoms with van der Waals surface area (Å²) in [5, 5.41) is 12.2. The highest BCUT2D eigenvalue weighted by Gasteiger charge is 2.38. The molecule has 7 nitrogen and oxygen atoms in total. The van der Waals surface area contributed by atoms with E-state index in [1.807, 2.05) is 24.3 Å².